The first kappa shape index (κ1) is 17.6. The van der Waals surface area contributed by atoms with Crippen LogP contribution in [0.2, 0.25) is 0 Å². The van der Waals surface area contributed by atoms with Gasteiger partial charge in [0.15, 0.2) is 0 Å². The number of para-hydroxylation sites is 2. The molecule has 0 bridgehead atoms. The maximum atomic E-state index is 13.7. The Kier molecular flexibility index (Phi) is 4.69. The number of hydrogen-bond donors (Lipinski definition) is 3. The van der Waals surface area contributed by atoms with E-state index in [1.54, 1.807) is 6.07 Å². The fourth-order valence-electron chi connectivity index (χ4n) is 4.63. The number of halogens is 1. The van der Waals surface area contributed by atoms with E-state index in [2.05, 4.69) is 27.9 Å². The van der Waals surface area contributed by atoms with E-state index in [1.807, 2.05) is 24.3 Å². The lowest BCUT2D eigenvalue weighted by atomic mass is 9.81. The molecule has 0 radical (unpaired) electrons. The summed E-state index contributed by atoms with van der Waals surface area (Å²) in [6.07, 6.45) is 6.78. The molecule has 0 spiro atoms. The molecule has 2 aromatic carbocycles. The minimum atomic E-state index is -0.161. The topological polar surface area (TPSA) is 49.1 Å². The molecule has 146 valence electrons. The van der Waals surface area contributed by atoms with Gasteiger partial charge in [-0.3, -0.25) is 0 Å². The Hall–Kier alpha value is -2.53. The number of ether oxygens (including phenoxy) is 1. The molecular formula is C23H26FN3O. The summed E-state index contributed by atoms with van der Waals surface area (Å²) in [4.78, 5) is 3.29. The van der Waals surface area contributed by atoms with Gasteiger partial charge >= 0.3 is 0 Å². The number of H-pyrrole nitrogens is 1. The van der Waals surface area contributed by atoms with Crippen LogP contribution in [0.15, 0.2) is 48.7 Å². The van der Waals surface area contributed by atoms with Gasteiger partial charge in [-0.15, -0.1) is 0 Å². The summed E-state index contributed by atoms with van der Waals surface area (Å²) in [5.41, 5.74) is 3.37. The highest BCUT2D eigenvalue weighted by atomic mass is 19.1. The monoisotopic (exact) mass is 379 g/mol. The molecule has 5 rings (SSSR count). The van der Waals surface area contributed by atoms with Crippen LogP contribution in [0.1, 0.15) is 37.2 Å². The number of anilines is 1. The van der Waals surface area contributed by atoms with Crippen LogP contribution in [-0.4, -0.2) is 30.2 Å². The molecule has 1 aliphatic heterocycles. The summed E-state index contributed by atoms with van der Waals surface area (Å²) >= 11 is 0. The number of fused-ring (bicyclic) bond motifs is 2. The number of aromatic nitrogens is 1. The van der Waals surface area contributed by atoms with Gasteiger partial charge in [-0.1, -0.05) is 12.1 Å². The van der Waals surface area contributed by atoms with Crippen molar-refractivity contribution < 1.29 is 9.13 Å². The fourth-order valence-corrected chi connectivity index (χ4v) is 4.63. The van der Waals surface area contributed by atoms with Crippen molar-refractivity contribution in [2.45, 2.75) is 43.7 Å². The smallest absolute Gasteiger partial charge is 0.142 e. The second kappa shape index (κ2) is 7.47. The van der Waals surface area contributed by atoms with Crippen molar-refractivity contribution in [1.29, 1.82) is 0 Å². The Balaban J connectivity index is 1.15. The van der Waals surface area contributed by atoms with Gasteiger partial charge in [0.2, 0.25) is 0 Å². The van der Waals surface area contributed by atoms with E-state index >= 15 is 0 Å². The van der Waals surface area contributed by atoms with Gasteiger partial charge in [0, 0.05) is 29.7 Å². The quantitative estimate of drug-likeness (QED) is 0.610. The molecule has 1 aromatic heterocycles. The first-order valence-corrected chi connectivity index (χ1v) is 10.3. The maximum absolute atomic E-state index is 13.7. The van der Waals surface area contributed by atoms with Crippen LogP contribution in [0.4, 0.5) is 10.1 Å². The molecule has 0 amide bonds. The number of benzene rings is 2. The van der Waals surface area contributed by atoms with Crippen LogP contribution in [0.25, 0.3) is 10.9 Å². The molecule has 4 nitrogen and oxygen atoms in total. The summed E-state index contributed by atoms with van der Waals surface area (Å²) in [6, 6.07) is 13.6. The predicted octanol–water partition coefficient (Wildman–Crippen LogP) is 4.80. The van der Waals surface area contributed by atoms with Crippen molar-refractivity contribution in [1.82, 2.24) is 10.3 Å². The van der Waals surface area contributed by atoms with Crippen LogP contribution >= 0.6 is 0 Å². The Morgan fingerprint density at radius 3 is 2.82 bits per heavy atom. The first-order chi connectivity index (χ1) is 13.8. The highest BCUT2D eigenvalue weighted by Crippen LogP contribution is 2.37. The molecule has 3 N–H and O–H groups in total. The van der Waals surface area contributed by atoms with E-state index in [4.69, 9.17) is 4.74 Å². The fraction of sp³-hybridized carbons (Fsp3) is 0.391. The third-order valence-electron chi connectivity index (χ3n) is 6.18. The molecule has 5 heteroatoms. The normalized spacial score (nSPS) is 24.4. The van der Waals surface area contributed by atoms with Crippen LogP contribution < -0.4 is 15.4 Å². The largest absolute Gasteiger partial charge is 0.485 e. The van der Waals surface area contributed by atoms with Crippen LogP contribution in [0.3, 0.4) is 0 Å². The molecule has 1 saturated carbocycles. The highest BCUT2D eigenvalue weighted by Gasteiger charge is 2.26. The Morgan fingerprint density at radius 1 is 1.07 bits per heavy atom. The maximum Gasteiger partial charge on any atom is 0.142 e. The lowest BCUT2D eigenvalue weighted by Crippen LogP contribution is -2.44. The third-order valence-corrected chi connectivity index (χ3v) is 6.18. The standard InChI is InChI=1S/C23H26FN3O/c24-16-7-10-21-19(11-16)20(14-27-21)15-5-8-17(9-6-15)25-12-18-13-26-22-3-1-2-4-23(22)28-18/h1-4,7,10-11,14-15,17-18,25-27H,5-6,8-9,12-13H2/t15-,17+,18?. The van der Waals surface area contributed by atoms with Crippen molar-refractivity contribution in [2.24, 2.45) is 0 Å². The average Bonchev–Trinajstić information content (AvgIpc) is 3.15. The van der Waals surface area contributed by atoms with Crippen molar-refractivity contribution in [3.8, 4) is 5.75 Å². The molecule has 0 saturated heterocycles. The van der Waals surface area contributed by atoms with Crippen LogP contribution in [0.5, 0.6) is 5.75 Å². The molecule has 1 unspecified atom stereocenters. The van der Waals surface area contributed by atoms with E-state index in [1.165, 1.54) is 11.6 Å². The van der Waals surface area contributed by atoms with E-state index in [0.717, 1.165) is 61.1 Å². The average molecular weight is 379 g/mol. The summed E-state index contributed by atoms with van der Waals surface area (Å²) in [5, 5.41) is 8.19. The van der Waals surface area contributed by atoms with Crippen molar-refractivity contribution >= 4 is 16.6 Å². The van der Waals surface area contributed by atoms with Gasteiger partial charge in [0.1, 0.15) is 17.7 Å². The SMILES string of the molecule is Fc1ccc2[nH]cc([C@H]3CC[C@@H](NCC4CNc5ccccc5O4)CC3)c2c1. The third kappa shape index (κ3) is 3.47. The van der Waals surface area contributed by atoms with Gasteiger partial charge in [-0.25, -0.2) is 4.39 Å². The second-order valence-electron chi connectivity index (χ2n) is 8.01. The Labute approximate surface area is 164 Å². The van der Waals surface area contributed by atoms with Gasteiger partial charge in [-0.05, 0) is 67.5 Å². The lowest BCUT2D eigenvalue weighted by molar-refractivity contribution is 0.190. The Bertz CT molecular complexity index is 961. The second-order valence-corrected chi connectivity index (χ2v) is 8.01. The molecule has 2 heterocycles. The number of rotatable bonds is 4. The molecule has 1 aliphatic carbocycles. The number of hydrogen-bond acceptors (Lipinski definition) is 3. The van der Waals surface area contributed by atoms with Crippen molar-refractivity contribution in [3.63, 3.8) is 0 Å². The Morgan fingerprint density at radius 2 is 1.93 bits per heavy atom. The zero-order valence-electron chi connectivity index (χ0n) is 15.9. The number of aromatic amines is 1. The number of nitrogens with one attached hydrogen (secondary N) is 3. The molecular weight excluding hydrogens is 353 g/mol. The molecule has 3 aromatic rings. The van der Waals surface area contributed by atoms with Gasteiger partial charge < -0.3 is 20.4 Å². The van der Waals surface area contributed by atoms with Crippen LogP contribution in [-0.2, 0) is 0 Å². The molecule has 2 aliphatic rings. The summed E-state index contributed by atoms with van der Waals surface area (Å²) < 4.78 is 19.8. The zero-order chi connectivity index (χ0) is 18.9. The minimum Gasteiger partial charge on any atom is -0.485 e. The zero-order valence-corrected chi connectivity index (χ0v) is 15.9. The summed E-state index contributed by atoms with van der Waals surface area (Å²) in [5.74, 6) is 1.29. The molecule has 1 atom stereocenters. The molecule has 28 heavy (non-hydrogen) atoms. The van der Waals surface area contributed by atoms with E-state index in [-0.39, 0.29) is 11.9 Å². The highest BCUT2D eigenvalue weighted by molar-refractivity contribution is 5.83. The van der Waals surface area contributed by atoms with E-state index in [0.29, 0.717) is 12.0 Å². The van der Waals surface area contributed by atoms with E-state index in [9.17, 15) is 4.39 Å². The van der Waals surface area contributed by atoms with Gasteiger partial charge in [0.05, 0.1) is 12.2 Å². The molecule has 1 fully saturated rings. The minimum absolute atomic E-state index is 0.157. The first-order valence-electron chi connectivity index (χ1n) is 10.3. The predicted molar refractivity (Wildman–Crippen MR) is 111 cm³/mol. The lowest BCUT2D eigenvalue weighted by Gasteiger charge is -2.32. The summed E-state index contributed by atoms with van der Waals surface area (Å²) in [7, 11) is 0. The van der Waals surface area contributed by atoms with Crippen molar-refractivity contribution in [2.75, 3.05) is 18.4 Å². The van der Waals surface area contributed by atoms with E-state index < -0.39 is 0 Å². The van der Waals surface area contributed by atoms with Gasteiger partial charge in [0.25, 0.3) is 0 Å². The van der Waals surface area contributed by atoms with Crippen molar-refractivity contribution in [3.05, 3.63) is 60.0 Å². The summed E-state index contributed by atoms with van der Waals surface area (Å²) in [6.45, 7) is 1.69. The van der Waals surface area contributed by atoms with Crippen LogP contribution in [0, 0.1) is 5.82 Å². The van der Waals surface area contributed by atoms with Gasteiger partial charge in [-0.2, -0.15) is 0 Å².